The number of carboxylic acid groups (broad SMARTS) is 1. The molecule has 0 radical (unpaired) electrons. The van der Waals surface area contributed by atoms with E-state index in [1.165, 1.54) is 0 Å². The molecular weight excluding hydrogens is 250 g/mol. The maximum Gasteiger partial charge on any atom is 0.328 e. The quantitative estimate of drug-likeness (QED) is 0.800. The molecule has 0 unspecified atom stereocenters. The van der Waals surface area contributed by atoms with Crippen molar-refractivity contribution in [3.05, 3.63) is 34.9 Å². The van der Waals surface area contributed by atoms with Crippen LogP contribution < -0.4 is 4.90 Å². The van der Waals surface area contributed by atoms with Crippen LogP contribution in [0.5, 0.6) is 0 Å². The minimum Gasteiger partial charge on any atom is -0.478 e. The number of benzene rings is 1. The van der Waals surface area contributed by atoms with Gasteiger partial charge in [-0.2, -0.15) is 0 Å². The standard InChI is InChI=1S/C14H18ClNO2/c1-3-10-16(4-2)14-11(8-9-13(17)18)6-5-7-12(14)15/h5-9H,3-4,10H2,1-2H3,(H,17,18)/b9-8+. The van der Waals surface area contributed by atoms with Gasteiger partial charge in [-0.1, -0.05) is 30.7 Å². The molecule has 1 aromatic carbocycles. The highest BCUT2D eigenvalue weighted by Crippen LogP contribution is 2.31. The summed E-state index contributed by atoms with van der Waals surface area (Å²) in [7, 11) is 0. The van der Waals surface area contributed by atoms with Crippen molar-refractivity contribution in [2.75, 3.05) is 18.0 Å². The van der Waals surface area contributed by atoms with Crippen LogP contribution >= 0.6 is 11.6 Å². The van der Waals surface area contributed by atoms with E-state index in [0.29, 0.717) is 5.02 Å². The van der Waals surface area contributed by atoms with Crippen molar-refractivity contribution in [1.82, 2.24) is 0 Å². The van der Waals surface area contributed by atoms with Gasteiger partial charge in [-0.3, -0.25) is 0 Å². The van der Waals surface area contributed by atoms with E-state index >= 15 is 0 Å². The van der Waals surface area contributed by atoms with E-state index in [-0.39, 0.29) is 0 Å². The molecule has 0 spiro atoms. The third kappa shape index (κ3) is 3.77. The van der Waals surface area contributed by atoms with E-state index in [1.54, 1.807) is 6.08 Å². The van der Waals surface area contributed by atoms with Gasteiger partial charge in [0.05, 0.1) is 10.7 Å². The van der Waals surface area contributed by atoms with Crippen LogP contribution in [-0.4, -0.2) is 24.2 Å². The lowest BCUT2D eigenvalue weighted by molar-refractivity contribution is -0.131. The number of carbonyl (C=O) groups is 1. The van der Waals surface area contributed by atoms with Crippen LogP contribution in [0.3, 0.4) is 0 Å². The maximum absolute atomic E-state index is 10.6. The normalized spacial score (nSPS) is 10.8. The Balaban J connectivity index is 3.18. The summed E-state index contributed by atoms with van der Waals surface area (Å²) in [6, 6.07) is 5.53. The minimum atomic E-state index is -0.959. The van der Waals surface area contributed by atoms with Gasteiger partial charge in [-0.05, 0) is 31.1 Å². The van der Waals surface area contributed by atoms with Crippen LogP contribution in [0.15, 0.2) is 24.3 Å². The molecule has 0 aromatic heterocycles. The van der Waals surface area contributed by atoms with Gasteiger partial charge in [0.2, 0.25) is 0 Å². The molecule has 0 fully saturated rings. The Hall–Kier alpha value is -1.48. The predicted molar refractivity (Wildman–Crippen MR) is 76.3 cm³/mol. The molecule has 0 aliphatic rings. The van der Waals surface area contributed by atoms with Crippen molar-refractivity contribution in [2.24, 2.45) is 0 Å². The highest BCUT2D eigenvalue weighted by Gasteiger charge is 2.11. The fourth-order valence-electron chi connectivity index (χ4n) is 1.86. The molecule has 0 aliphatic carbocycles. The van der Waals surface area contributed by atoms with Crippen molar-refractivity contribution in [3.63, 3.8) is 0 Å². The summed E-state index contributed by atoms with van der Waals surface area (Å²) in [6.07, 6.45) is 3.73. The number of nitrogens with zero attached hydrogens (tertiary/aromatic N) is 1. The average molecular weight is 268 g/mol. The Morgan fingerprint density at radius 2 is 2.17 bits per heavy atom. The van der Waals surface area contributed by atoms with Gasteiger partial charge >= 0.3 is 5.97 Å². The fraction of sp³-hybridized carbons (Fsp3) is 0.357. The molecule has 0 saturated carbocycles. The summed E-state index contributed by atoms with van der Waals surface area (Å²) >= 11 is 6.23. The van der Waals surface area contributed by atoms with Gasteiger partial charge in [-0.25, -0.2) is 4.79 Å². The zero-order valence-corrected chi connectivity index (χ0v) is 11.4. The molecule has 0 bridgehead atoms. The van der Waals surface area contributed by atoms with Gasteiger partial charge in [0.15, 0.2) is 0 Å². The molecule has 0 aliphatic heterocycles. The van der Waals surface area contributed by atoms with Gasteiger partial charge in [0, 0.05) is 19.2 Å². The summed E-state index contributed by atoms with van der Waals surface area (Å²) in [5, 5.41) is 9.35. The van der Waals surface area contributed by atoms with Crippen molar-refractivity contribution in [3.8, 4) is 0 Å². The molecule has 1 rings (SSSR count). The minimum absolute atomic E-state index is 0.651. The second-order valence-corrected chi connectivity index (χ2v) is 4.34. The smallest absolute Gasteiger partial charge is 0.328 e. The molecule has 1 N–H and O–H groups in total. The number of hydrogen-bond donors (Lipinski definition) is 1. The molecular formula is C14H18ClNO2. The zero-order valence-electron chi connectivity index (χ0n) is 10.7. The summed E-state index contributed by atoms with van der Waals surface area (Å²) in [6.45, 7) is 5.90. The Labute approximate surface area is 113 Å². The highest BCUT2D eigenvalue weighted by molar-refractivity contribution is 6.33. The van der Waals surface area contributed by atoms with Crippen LogP contribution in [0.25, 0.3) is 6.08 Å². The van der Waals surface area contributed by atoms with E-state index < -0.39 is 5.97 Å². The Kier molecular flexibility index (Phi) is 5.72. The van der Waals surface area contributed by atoms with Gasteiger partial charge < -0.3 is 10.0 Å². The van der Waals surface area contributed by atoms with E-state index in [4.69, 9.17) is 16.7 Å². The first-order valence-electron chi connectivity index (χ1n) is 6.04. The Morgan fingerprint density at radius 1 is 1.44 bits per heavy atom. The maximum atomic E-state index is 10.6. The number of aliphatic carboxylic acids is 1. The largest absolute Gasteiger partial charge is 0.478 e. The Bertz CT molecular complexity index is 443. The fourth-order valence-corrected chi connectivity index (χ4v) is 2.16. The average Bonchev–Trinajstić information content (AvgIpc) is 2.34. The molecule has 0 heterocycles. The second kappa shape index (κ2) is 7.07. The van der Waals surface area contributed by atoms with E-state index in [1.807, 2.05) is 18.2 Å². The predicted octanol–water partition coefficient (Wildman–Crippen LogP) is 3.67. The molecule has 1 aromatic rings. The zero-order chi connectivity index (χ0) is 13.5. The van der Waals surface area contributed by atoms with E-state index in [9.17, 15) is 4.79 Å². The van der Waals surface area contributed by atoms with Crippen molar-refractivity contribution < 1.29 is 9.90 Å². The van der Waals surface area contributed by atoms with Gasteiger partial charge in [-0.15, -0.1) is 0 Å². The van der Waals surface area contributed by atoms with Crippen molar-refractivity contribution in [1.29, 1.82) is 0 Å². The first kappa shape index (κ1) is 14.6. The lowest BCUT2D eigenvalue weighted by Crippen LogP contribution is -2.24. The van der Waals surface area contributed by atoms with Crippen LogP contribution in [0.1, 0.15) is 25.8 Å². The summed E-state index contributed by atoms with van der Waals surface area (Å²) in [5.74, 6) is -0.959. The lowest BCUT2D eigenvalue weighted by atomic mass is 10.1. The number of anilines is 1. The monoisotopic (exact) mass is 267 g/mol. The lowest BCUT2D eigenvalue weighted by Gasteiger charge is -2.25. The van der Waals surface area contributed by atoms with Crippen LogP contribution in [0.2, 0.25) is 5.02 Å². The summed E-state index contributed by atoms with van der Waals surface area (Å²) < 4.78 is 0. The van der Waals surface area contributed by atoms with Gasteiger partial charge in [0.25, 0.3) is 0 Å². The summed E-state index contributed by atoms with van der Waals surface area (Å²) in [5.41, 5.74) is 1.74. The number of carboxylic acids is 1. The molecule has 0 saturated heterocycles. The van der Waals surface area contributed by atoms with Crippen molar-refractivity contribution >= 4 is 29.3 Å². The number of rotatable bonds is 6. The molecule has 3 nitrogen and oxygen atoms in total. The van der Waals surface area contributed by atoms with E-state index in [2.05, 4.69) is 18.7 Å². The first-order chi connectivity index (χ1) is 8.60. The first-order valence-corrected chi connectivity index (χ1v) is 6.42. The summed E-state index contributed by atoms with van der Waals surface area (Å²) in [4.78, 5) is 12.8. The molecule has 4 heteroatoms. The number of halogens is 1. The number of para-hydroxylation sites is 1. The third-order valence-electron chi connectivity index (χ3n) is 2.61. The van der Waals surface area contributed by atoms with E-state index in [0.717, 1.165) is 36.8 Å². The van der Waals surface area contributed by atoms with Crippen LogP contribution in [0, 0.1) is 0 Å². The number of hydrogen-bond acceptors (Lipinski definition) is 2. The molecule has 98 valence electrons. The molecule has 0 amide bonds. The Morgan fingerprint density at radius 3 is 2.72 bits per heavy atom. The SMILES string of the molecule is CCCN(CC)c1c(Cl)cccc1/C=C/C(=O)O. The van der Waals surface area contributed by atoms with Crippen LogP contribution in [0.4, 0.5) is 5.69 Å². The molecule has 0 atom stereocenters. The highest BCUT2D eigenvalue weighted by atomic mass is 35.5. The van der Waals surface area contributed by atoms with Crippen molar-refractivity contribution in [2.45, 2.75) is 20.3 Å². The topological polar surface area (TPSA) is 40.5 Å². The third-order valence-corrected chi connectivity index (χ3v) is 2.92. The van der Waals surface area contributed by atoms with Gasteiger partial charge in [0.1, 0.15) is 0 Å². The molecule has 18 heavy (non-hydrogen) atoms. The second-order valence-electron chi connectivity index (χ2n) is 3.93. The van der Waals surface area contributed by atoms with Crippen LogP contribution in [-0.2, 0) is 4.79 Å².